The van der Waals surface area contributed by atoms with Gasteiger partial charge in [-0.15, -0.1) is 0 Å². The molecule has 2 rings (SSSR count). The lowest BCUT2D eigenvalue weighted by atomic mass is 10.1. The van der Waals surface area contributed by atoms with Crippen molar-refractivity contribution in [3.63, 3.8) is 0 Å². The molecule has 1 N–H and O–H groups in total. The van der Waals surface area contributed by atoms with Crippen molar-refractivity contribution < 1.29 is 4.79 Å². The Morgan fingerprint density at radius 3 is 2.58 bits per heavy atom. The third kappa shape index (κ3) is 3.07. The maximum Gasteiger partial charge on any atom is 0.245 e. The van der Waals surface area contributed by atoms with Crippen molar-refractivity contribution in [1.29, 1.82) is 0 Å². The van der Waals surface area contributed by atoms with Gasteiger partial charge in [0.1, 0.15) is 6.04 Å². The van der Waals surface area contributed by atoms with Gasteiger partial charge in [-0.2, -0.15) is 0 Å². The molecule has 0 saturated carbocycles. The summed E-state index contributed by atoms with van der Waals surface area (Å²) in [4.78, 5) is 16.4. The van der Waals surface area contributed by atoms with Gasteiger partial charge in [-0.3, -0.25) is 4.79 Å². The van der Waals surface area contributed by atoms with Crippen molar-refractivity contribution in [2.24, 2.45) is 0 Å². The maximum absolute atomic E-state index is 12.3. The Bertz CT molecular complexity index is 430. The fourth-order valence-electron chi connectivity index (χ4n) is 2.52. The first-order chi connectivity index (χ1) is 9.13. The van der Waals surface area contributed by atoms with Crippen LogP contribution in [0.5, 0.6) is 0 Å². The van der Waals surface area contributed by atoms with Crippen LogP contribution in [-0.4, -0.2) is 50.6 Å². The van der Waals surface area contributed by atoms with Crippen LogP contribution in [0.25, 0.3) is 0 Å². The molecule has 0 aliphatic carbocycles. The molecule has 1 aromatic rings. The molecule has 1 aliphatic heterocycles. The molecule has 1 fully saturated rings. The summed E-state index contributed by atoms with van der Waals surface area (Å²) >= 11 is 0. The fraction of sp³-hybridized carbons (Fsp3) is 0.533. The Morgan fingerprint density at radius 1 is 1.26 bits per heavy atom. The van der Waals surface area contributed by atoms with Crippen LogP contribution in [0.3, 0.4) is 0 Å². The predicted molar refractivity (Wildman–Crippen MR) is 78.5 cm³/mol. The van der Waals surface area contributed by atoms with E-state index in [-0.39, 0.29) is 11.9 Å². The Kier molecular flexibility index (Phi) is 4.43. The monoisotopic (exact) mass is 261 g/mol. The quantitative estimate of drug-likeness (QED) is 0.886. The van der Waals surface area contributed by atoms with Gasteiger partial charge in [0.05, 0.1) is 0 Å². The smallest absolute Gasteiger partial charge is 0.245 e. The first-order valence-electron chi connectivity index (χ1n) is 6.86. The van der Waals surface area contributed by atoms with Gasteiger partial charge in [-0.05, 0) is 39.1 Å². The summed E-state index contributed by atoms with van der Waals surface area (Å²) in [6.45, 7) is 4.63. The van der Waals surface area contributed by atoms with E-state index in [9.17, 15) is 4.79 Å². The zero-order valence-corrected chi connectivity index (χ0v) is 12.0. The number of benzene rings is 1. The molecular weight excluding hydrogens is 238 g/mol. The fourth-order valence-corrected chi connectivity index (χ4v) is 2.52. The highest BCUT2D eigenvalue weighted by Gasteiger charge is 2.32. The van der Waals surface area contributed by atoms with Crippen molar-refractivity contribution in [2.45, 2.75) is 19.4 Å². The van der Waals surface area contributed by atoms with E-state index in [1.54, 1.807) is 0 Å². The lowest BCUT2D eigenvalue weighted by Crippen LogP contribution is -2.56. The van der Waals surface area contributed by atoms with Crippen LogP contribution in [0.15, 0.2) is 24.3 Å². The van der Waals surface area contributed by atoms with Crippen molar-refractivity contribution in [1.82, 2.24) is 10.2 Å². The second-order valence-corrected chi connectivity index (χ2v) is 5.20. The summed E-state index contributed by atoms with van der Waals surface area (Å²) < 4.78 is 0. The molecule has 1 aromatic carbocycles. The van der Waals surface area contributed by atoms with Crippen LogP contribution in [-0.2, 0) is 4.79 Å². The van der Waals surface area contributed by atoms with E-state index in [0.717, 1.165) is 31.7 Å². The number of hydrogen-bond acceptors (Lipinski definition) is 3. The predicted octanol–water partition coefficient (Wildman–Crippen LogP) is 1.25. The topological polar surface area (TPSA) is 35.6 Å². The highest BCUT2D eigenvalue weighted by Crippen LogP contribution is 2.23. The third-order valence-electron chi connectivity index (χ3n) is 3.75. The lowest BCUT2D eigenvalue weighted by molar-refractivity contribution is -0.133. The van der Waals surface area contributed by atoms with Gasteiger partial charge in [0.25, 0.3) is 0 Å². The van der Waals surface area contributed by atoms with Crippen LogP contribution in [0.1, 0.15) is 12.0 Å². The normalized spacial score (nSPS) is 19.9. The number of carbonyl (C=O) groups is 1. The molecule has 1 atom stereocenters. The molecule has 0 bridgehead atoms. The number of rotatable bonds is 4. The van der Waals surface area contributed by atoms with E-state index in [1.165, 1.54) is 5.56 Å². The summed E-state index contributed by atoms with van der Waals surface area (Å²) in [5.74, 6) is 0.224. The summed E-state index contributed by atoms with van der Waals surface area (Å²) in [6.07, 6.45) is 0.841. The average Bonchev–Trinajstić information content (AvgIpc) is 2.41. The SMILES string of the molecule is CNCCC1C(=O)N(C)CCN1c1ccc(C)cc1. The first-order valence-corrected chi connectivity index (χ1v) is 6.86. The summed E-state index contributed by atoms with van der Waals surface area (Å²) in [5.41, 5.74) is 2.39. The molecule has 0 spiro atoms. The van der Waals surface area contributed by atoms with Gasteiger partial charge in [0.15, 0.2) is 0 Å². The van der Waals surface area contributed by atoms with Gasteiger partial charge in [0, 0.05) is 25.8 Å². The molecule has 1 amide bonds. The minimum Gasteiger partial charge on any atom is -0.358 e. The lowest BCUT2D eigenvalue weighted by Gasteiger charge is -2.40. The molecule has 19 heavy (non-hydrogen) atoms. The van der Waals surface area contributed by atoms with Crippen molar-refractivity contribution in [2.75, 3.05) is 38.6 Å². The van der Waals surface area contributed by atoms with Gasteiger partial charge in [0.2, 0.25) is 5.91 Å². The van der Waals surface area contributed by atoms with E-state index in [4.69, 9.17) is 0 Å². The number of hydrogen-bond donors (Lipinski definition) is 1. The van der Waals surface area contributed by atoms with E-state index in [2.05, 4.69) is 41.4 Å². The molecular formula is C15H23N3O. The minimum absolute atomic E-state index is 0.0473. The second-order valence-electron chi connectivity index (χ2n) is 5.20. The van der Waals surface area contributed by atoms with E-state index in [1.807, 2.05) is 19.0 Å². The number of nitrogens with zero attached hydrogens (tertiary/aromatic N) is 2. The van der Waals surface area contributed by atoms with E-state index >= 15 is 0 Å². The van der Waals surface area contributed by atoms with Gasteiger partial charge < -0.3 is 15.1 Å². The van der Waals surface area contributed by atoms with Gasteiger partial charge in [-0.1, -0.05) is 17.7 Å². The number of carbonyl (C=O) groups excluding carboxylic acids is 1. The van der Waals surface area contributed by atoms with Gasteiger partial charge in [-0.25, -0.2) is 0 Å². The summed E-state index contributed by atoms with van der Waals surface area (Å²) in [7, 11) is 3.81. The number of piperazine rings is 1. The number of amides is 1. The Hall–Kier alpha value is -1.55. The number of aryl methyl sites for hydroxylation is 1. The van der Waals surface area contributed by atoms with Crippen molar-refractivity contribution in [3.05, 3.63) is 29.8 Å². The van der Waals surface area contributed by atoms with Crippen LogP contribution < -0.4 is 10.2 Å². The van der Waals surface area contributed by atoms with Crippen LogP contribution in [0, 0.1) is 6.92 Å². The first kappa shape index (κ1) is 13.9. The number of anilines is 1. The second kappa shape index (κ2) is 6.06. The minimum atomic E-state index is -0.0473. The standard InChI is InChI=1S/C15H23N3O/c1-12-4-6-13(7-5-12)18-11-10-17(3)15(19)14(18)8-9-16-2/h4-7,14,16H,8-11H2,1-3H3. The summed E-state index contributed by atoms with van der Waals surface area (Å²) in [6, 6.07) is 8.38. The zero-order valence-electron chi connectivity index (χ0n) is 12.0. The van der Waals surface area contributed by atoms with Crippen molar-refractivity contribution >= 4 is 11.6 Å². The Labute approximate surface area is 115 Å². The molecule has 4 nitrogen and oxygen atoms in total. The largest absolute Gasteiger partial charge is 0.358 e. The third-order valence-corrected chi connectivity index (χ3v) is 3.75. The highest BCUT2D eigenvalue weighted by atomic mass is 16.2. The van der Waals surface area contributed by atoms with Crippen LogP contribution >= 0.6 is 0 Å². The van der Waals surface area contributed by atoms with Crippen molar-refractivity contribution in [3.8, 4) is 0 Å². The van der Waals surface area contributed by atoms with Crippen LogP contribution in [0.2, 0.25) is 0 Å². The molecule has 4 heteroatoms. The zero-order chi connectivity index (χ0) is 13.8. The maximum atomic E-state index is 12.3. The van der Waals surface area contributed by atoms with Gasteiger partial charge >= 0.3 is 0 Å². The molecule has 1 aliphatic rings. The molecule has 104 valence electrons. The Balaban J connectivity index is 2.20. The molecule has 1 unspecified atom stereocenters. The van der Waals surface area contributed by atoms with E-state index in [0.29, 0.717) is 0 Å². The molecule has 0 aromatic heterocycles. The average molecular weight is 261 g/mol. The Morgan fingerprint density at radius 2 is 1.95 bits per heavy atom. The number of nitrogens with one attached hydrogen (secondary N) is 1. The molecule has 1 saturated heterocycles. The van der Waals surface area contributed by atoms with E-state index < -0.39 is 0 Å². The summed E-state index contributed by atoms with van der Waals surface area (Å²) in [5, 5.41) is 3.13. The molecule has 1 heterocycles. The number of likely N-dealkylation sites (N-methyl/N-ethyl adjacent to an activating group) is 1. The molecule has 0 radical (unpaired) electrons. The highest BCUT2D eigenvalue weighted by molar-refractivity contribution is 5.86. The van der Waals surface area contributed by atoms with Crippen LogP contribution in [0.4, 0.5) is 5.69 Å².